The summed E-state index contributed by atoms with van der Waals surface area (Å²) in [6, 6.07) is 12.3. The third kappa shape index (κ3) is 8.32. The van der Waals surface area contributed by atoms with Crippen molar-refractivity contribution >= 4 is 28.9 Å². The zero-order chi connectivity index (χ0) is 24.2. The van der Waals surface area contributed by atoms with Gasteiger partial charge in [-0.3, -0.25) is 0 Å². The van der Waals surface area contributed by atoms with Crippen molar-refractivity contribution < 1.29 is 14.2 Å². The number of hydrogen-bond acceptors (Lipinski definition) is 6. The monoisotopic (exact) mass is 507 g/mol. The number of nitrogens with zero attached hydrogens (tertiary/aromatic N) is 4. The minimum absolute atomic E-state index is 0.211. The third-order valence-electron chi connectivity index (χ3n) is 5.50. The van der Waals surface area contributed by atoms with Gasteiger partial charge in [0.2, 0.25) is 0 Å². The summed E-state index contributed by atoms with van der Waals surface area (Å²) in [5.74, 6) is 0.211. The molecule has 3 rings (SSSR count). The predicted molar refractivity (Wildman–Crippen MR) is 136 cm³/mol. The summed E-state index contributed by atoms with van der Waals surface area (Å²) in [6.45, 7) is 5.74. The van der Waals surface area contributed by atoms with Gasteiger partial charge in [0.05, 0.1) is 39.6 Å². The summed E-state index contributed by atoms with van der Waals surface area (Å²) >= 11 is 12.8. The van der Waals surface area contributed by atoms with Gasteiger partial charge in [-0.25, -0.2) is 0 Å². The number of likely N-dealkylation sites (N-methyl/N-ethyl adjacent to an activating group) is 1. The van der Waals surface area contributed by atoms with E-state index in [2.05, 4.69) is 51.6 Å². The highest BCUT2D eigenvalue weighted by molar-refractivity contribution is 6.35. The maximum absolute atomic E-state index is 8.17. The maximum Gasteiger partial charge on any atom is 0.0701 e. The standard InChI is InChI=1S/C24H31Cl2N5O3/c1-31-16-22(21-14-19(25)15-24(26)23(21)17-31)18-3-2-4-20(13-18)28-5-7-32-9-11-34-12-10-33-8-6-29-30-27/h2-4,13-15,22,28H,5-12,16-17H2,1H3. The van der Waals surface area contributed by atoms with Crippen LogP contribution in [0.4, 0.5) is 5.69 Å². The molecule has 0 aromatic heterocycles. The van der Waals surface area contributed by atoms with Gasteiger partial charge in [-0.15, -0.1) is 0 Å². The van der Waals surface area contributed by atoms with Crippen molar-refractivity contribution in [1.82, 2.24) is 4.90 Å². The lowest BCUT2D eigenvalue weighted by molar-refractivity contribution is 0.0179. The first kappa shape index (κ1) is 26.6. The van der Waals surface area contributed by atoms with Crippen LogP contribution < -0.4 is 5.32 Å². The zero-order valence-corrected chi connectivity index (χ0v) is 20.9. The van der Waals surface area contributed by atoms with Crippen molar-refractivity contribution in [3.8, 4) is 0 Å². The molecule has 34 heavy (non-hydrogen) atoms. The van der Waals surface area contributed by atoms with Gasteiger partial charge in [0.25, 0.3) is 0 Å². The van der Waals surface area contributed by atoms with Gasteiger partial charge in [-0.2, -0.15) is 0 Å². The molecule has 1 heterocycles. The van der Waals surface area contributed by atoms with E-state index < -0.39 is 0 Å². The number of halogens is 2. The average molecular weight is 508 g/mol. The van der Waals surface area contributed by atoms with E-state index in [4.69, 9.17) is 42.9 Å². The van der Waals surface area contributed by atoms with E-state index >= 15 is 0 Å². The van der Waals surface area contributed by atoms with Gasteiger partial charge in [-0.1, -0.05) is 40.4 Å². The summed E-state index contributed by atoms with van der Waals surface area (Å²) in [7, 11) is 2.11. The lowest BCUT2D eigenvalue weighted by Crippen LogP contribution is -2.31. The van der Waals surface area contributed by atoms with Crippen LogP contribution in [0.3, 0.4) is 0 Å². The molecule has 0 bridgehead atoms. The van der Waals surface area contributed by atoms with E-state index in [-0.39, 0.29) is 5.92 Å². The maximum atomic E-state index is 8.17. The second kappa shape index (κ2) is 14.4. The second-order valence-electron chi connectivity index (χ2n) is 8.05. The normalized spacial score (nSPS) is 15.6. The van der Waals surface area contributed by atoms with Crippen LogP contribution >= 0.6 is 23.2 Å². The Bertz CT molecular complexity index is 972. The minimum Gasteiger partial charge on any atom is -0.383 e. The first-order chi connectivity index (χ1) is 16.6. The molecule has 1 atom stereocenters. The summed E-state index contributed by atoms with van der Waals surface area (Å²) in [6.07, 6.45) is 0. The van der Waals surface area contributed by atoms with E-state index in [9.17, 15) is 0 Å². The Balaban J connectivity index is 1.39. The highest BCUT2D eigenvalue weighted by Gasteiger charge is 2.27. The molecule has 1 unspecified atom stereocenters. The molecular weight excluding hydrogens is 477 g/mol. The topological polar surface area (TPSA) is 91.7 Å². The molecular formula is C24H31Cl2N5O3. The van der Waals surface area contributed by atoms with E-state index in [1.807, 2.05) is 12.1 Å². The van der Waals surface area contributed by atoms with Crippen LogP contribution in [0, 0.1) is 0 Å². The van der Waals surface area contributed by atoms with E-state index in [0.717, 1.165) is 29.4 Å². The number of hydrogen-bond donors (Lipinski definition) is 1. The Hall–Kier alpha value is -2.03. The van der Waals surface area contributed by atoms with Crippen LogP contribution in [0.25, 0.3) is 10.4 Å². The number of benzene rings is 2. The van der Waals surface area contributed by atoms with Crippen LogP contribution in [0.1, 0.15) is 22.6 Å². The molecule has 0 radical (unpaired) electrons. The van der Waals surface area contributed by atoms with E-state index in [0.29, 0.717) is 57.8 Å². The number of anilines is 1. The minimum atomic E-state index is 0.211. The van der Waals surface area contributed by atoms with Gasteiger partial charge in [0.1, 0.15) is 0 Å². The molecule has 0 saturated carbocycles. The van der Waals surface area contributed by atoms with Crippen LogP contribution in [-0.4, -0.2) is 71.2 Å². The molecule has 10 heteroatoms. The van der Waals surface area contributed by atoms with Gasteiger partial charge in [-0.05, 0) is 53.5 Å². The molecule has 2 aromatic rings. The Kier molecular flexibility index (Phi) is 11.2. The lowest BCUT2D eigenvalue weighted by Gasteiger charge is -2.33. The van der Waals surface area contributed by atoms with E-state index in [1.165, 1.54) is 11.1 Å². The highest BCUT2D eigenvalue weighted by Crippen LogP contribution is 2.38. The smallest absolute Gasteiger partial charge is 0.0701 e. The fraction of sp³-hybridized carbons (Fsp3) is 0.500. The van der Waals surface area contributed by atoms with E-state index in [1.54, 1.807) is 0 Å². The van der Waals surface area contributed by atoms with Crippen molar-refractivity contribution in [2.45, 2.75) is 12.5 Å². The average Bonchev–Trinajstić information content (AvgIpc) is 2.82. The zero-order valence-electron chi connectivity index (χ0n) is 19.4. The molecule has 8 nitrogen and oxygen atoms in total. The first-order valence-corrected chi connectivity index (χ1v) is 12.1. The lowest BCUT2D eigenvalue weighted by atomic mass is 9.84. The fourth-order valence-electron chi connectivity index (χ4n) is 3.96. The number of azide groups is 1. The van der Waals surface area contributed by atoms with Crippen molar-refractivity contribution in [3.63, 3.8) is 0 Å². The first-order valence-electron chi connectivity index (χ1n) is 11.3. The summed E-state index contributed by atoms with van der Waals surface area (Å²) in [4.78, 5) is 4.95. The molecule has 0 fully saturated rings. The molecule has 0 amide bonds. The molecule has 1 aliphatic heterocycles. The van der Waals surface area contributed by atoms with Crippen molar-refractivity contribution in [3.05, 3.63) is 73.6 Å². The predicted octanol–water partition coefficient (Wildman–Crippen LogP) is 5.34. The summed E-state index contributed by atoms with van der Waals surface area (Å²) < 4.78 is 16.3. The molecule has 184 valence electrons. The van der Waals surface area contributed by atoms with Crippen molar-refractivity contribution in [2.75, 3.05) is 71.6 Å². The SMILES string of the molecule is CN1Cc2c(Cl)cc(Cl)cc2C(c2cccc(NCCOCCOCCOCCN=[N+]=[N-])c2)C1. The van der Waals surface area contributed by atoms with Crippen molar-refractivity contribution in [2.24, 2.45) is 5.11 Å². The molecule has 0 aliphatic carbocycles. The van der Waals surface area contributed by atoms with Gasteiger partial charge < -0.3 is 24.4 Å². The molecule has 1 aliphatic rings. The Labute approximate surface area is 210 Å². The largest absolute Gasteiger partial charge is 0.383 e. The number of ether oxygens (including phenoxy) is 3. The molecule has 2 aromatic carbocycles. The van der Waals surface area contributed by atoms with Crippen LogP contribution in [0.2, 0.25) is 10.0 Å². The molecule has 0 saturated heterocycles. The van der Waals surface area contributed by atoms with Gasteiger partial charge in [0.15, 0.2) is 0 Å². The quantitative estimate of drug-likeness (QED) is 0.161. The van der Waals surface area contributed by atoms with Crippen LogP contribution in [0.5, 0.6) is 0 Å². The van der Waals surface area contributed by atoms with Gasteiger partial charge in [0, 0.05) is 52.7 Å². The van der Waals surface area contributed by atoms with Crippen LogP contribution in [-0.2, 0) is 20.8 Å². The Morgan fingerprint density at radius 1 is 1.06 bits per heavy atom. The molecule has 0 spiro atoms. The second-order valence-corrected chi connectivity index (χ2v) is 8.89. The number of fused-ring (bicyclic) bond motifs is 1. The molecule has 1 N–H and O–H groups in total. The van der Waals surface area contributed by atoms with Crippen LogP contribution in [0.15, 0.2) is 41.5 Å². The highest BCUT2D eigenvalue weighted by atomic mass is 35.5. The number of rotatable bonds is 14. The summed E-state index contributed by atoms with van der Waals surface area (Å²) in [5.41, 5.74) is 12.8. The third-order valence-corrected chi connectivity index (χ3v) is 6.06. The Morgan fingerprint density at radius 2 is 1.79 bits per heavy atom. The summed E-state index contributed by atoms with van der Waals surface area (Å²) in [5, 5.41) is 8.23. The number of nitrogens with one attached hydrogen (secondary N) is 1. The fourth-order valence-corrected chi connectivity index (χ4v) is 4.52. The van der Waals surface area contributed by atoms with Crippen molar-refractivity contribution in [1.29, 1.82) is 0 Å². The Morgan fingerprint density at radius 3 is 2.56 bits per heavy atom. The van der Waals surface area contributed by atoms with Gasteiger partial charge >= 0.3 is 0 Å².